The van der Waals surface area contributed by atoms with Gasteiger partial charge >= 0.3 is 12.1 Å². The summed E-state index contributed by atoms with van der Waals surface area (Å²) in [6.07, 6.45) is 0.226. The summed E-state index contributed by atoms with van der Waals surface area (Å²) in [7, 11) is 1.37. The van der Waals surface area contributed by atoms with Crippen molar-refractivity contribution < 1.29 is 19.1 Å². The Bertz CT molecular complexity index is 862. The van der Waals surface area contributed by atoms with E-state index in [-0.39, 0.29) is 11.9 Å². The standard InChI is InChI=1S/C25H33NO4/c1-17-8-10-18(11-9-17)21(19-12-14-20(15-13-19)22(27)29-7)16-25(5,6)26-23(28)30-24(2,3)4/h8-15,21H,16H2,1-7H3,(H,26,28). The number of ether oxygens (including phenoxy) is 2. The molecule has 0 heterocycles. The zero-order valence-electron chi connectivity index (χ0n) is 19.0. The summed E-state index contributed by atoms with van der Waals surface area (Å²) in [5.74, 6) is -0.331. The zero-order valence-corrected chi connectivity index (χ0v) is 19.0. The molecule has 0 saturated heterocycles. The van der Waals surface area contributed by atoms with Crippen molar-refractivity contribution in [3.05, 3.63) is 70.8 Å². The fraction of sp³-hybridized carbons (Fsp3) is 0.440. The summed E-state index contributed by atoms with van der Waals surface area (Å²) in [6, 6.07) is 15.8. The Balaban J connectivity index is 2.31. The van der Waals surface area contributed by atoms with E-state index in [1.165, 1.54) is 12.7 Å². The topological polar surface area (TPSA) is 64.6 Å². The molecule has 5 nitrogen and oxygen atoms in total. The molecule has 0 aromatic heterocycles. The maximum Gasteiger partial charge on any atom is 0.408 e. The SMILES string of the molecule is COC(=O)c1ccc(C(CC(C)(C)NC(=O)OC(C)(C)C)c2ccc(C)cc2)cc1. The highest BCUT2D eigenvalue weighted by Gasteiger charge is 2.29. The smallest absolute Gasteiger partial charge is 0.408 e. The molecular weight excluding hydrogens is 378 g/mol. The van der Waals surface area contributed by atoms with Crippen LogP contribution in [0.1, 0.15) is 74.0 Å². The molecule has 1 amide bonds. The van der Waals surface area contributed by atoms with Crippen LogP contribution in [0.2, 0.25) is 0 Å². The Kier molecular flexibility index (Phi) is 7.30. The lowest BCUT2D eigenvalue weighted by Crippen LogP contribution is -2.46. The summed E-state index contributed by atoms with van der Waals surface area (Å²) >= 11 is 0. The highest BCUT2D eigenvalue weighted by molar-refractivity contribution is 5.89. The van der Waals surface area contributed by atoms with E-state index < -0.39 is 17.2 Å². The van der Waals surface area contributed by atoms with Crippen LogP contribution in [0.15, 0.2) is 48.5 Å². The lowest BCUT2D eigenvalue weighted by molar-refractivity contribution is 0.0465. The lowest BCUT2D eigenvalue weighted by atomic mass is 9.81. The van der Waals surface area contributed by atoms with Crippen molar-refractivity contribution in [1.29, 1.82) is 0 Å². The largest absolute Gasteiger partial charge is 0.465 e. The van der Waals surface area contributed by atoms with E-state index in [1.807, 2.05) is 46.8 Å². The van der Waals surface area contributed by atoms with Crippen LogP contribution in [0.5, 0.6) is 0 Å². The highest BCUT2D eigenvalue weighted by Crippen LogP contribution is 2.33. The number of hydrogen-bond donors (Lipinski definition) is 1. The number of carbonyl (C=O) groups is 2. The molecule has 1 atom stereocenters. The molecule has 0 saturated carbocycles. The number of amides is 1. The van der Waals surface area contributed by atoms with E-state index >= 15 is 0 Å². The van der Waals surface area contributed by atoms with Crippen molar-refractivity contribution in [3.8, 4) is 0 Å². The number of benzene rings is 2. The molecule has 162 valence electrons. The van der Waals surface area contributed by atoms with Crippen LogP contribution in [0.25, 0.3) is 0 Å². The van der Waals surface area contributed by atoms with Crippen LogP contribution in [0, 0.1) is 6.92 Å². The van der Waals surface area contributed by atoms with E-state index in [0.717, 1.165) is 11.1 Å². The number of aryl methyl sites for hydroxylation is 1. The van der Waals surface area contributed by atoms with E-state index in [1.54, 1.807) is 12.1 Å². The molecule has 2 rings (SSSR count). The molecule has 30 heavy (non-hydrogen) atoms. The monoisotopic (exact) mass is 411 g/mol. The number of methoxy groups -OCH3 is 1. The molecule has 1 N–H and O–H groups in total. The van der Waals surface area contributed by atoms with Crippen molar-refractivity contribution >= 4 is 12.1 Å². The number of rotatable bonds is 6. The van der Waals surface area contributed by atoms with Crippen molar-refractivity contribution in [1.82, 2.24) is 5.32 Å². The second kappa shape index (κ2) is 9.33. The van der Waals surface area contributed by atoms with Gasteiger partial charge in [-0.3, -0.25) is 0 Å². The number of nitrogens with one attached hydrogen (secondary N) is 1. The second-order valence-corrected chi connectivity index (χ2v) is 9.29. The Morgan fingerprint density at radius 1 is 0.900 bits per heavy atom. The summed E-state index contributed by atoms with van der Waals surface area (Å²) < 4.78 is 10.2. The first-order chi connectivity index (χ1) is 13.9. The average Bonchev–Trinajstić information content (AvgIpc) is 2.64. The normalized spacial score (nSPS) is 12.8. The quantitative estimate of drug-likeness (QED) is 0.628. The molecule has 0 aliphatic rings. The third kappa shape index (κ3) is 6.90. The van der Waals surface area contributed by atoms with E-state index in [9.17, 15) is 9.59 Å². The number of carbonyl (C=O) groups excluding carboxylic acids is 2. The van der Waals surface area contributed by atoms with Gasteiger partial charge in [0, 0.05) is 11.5 Å². The van der Waals surface area contributed by atoms with Crippen molar-refractivity contribution in [2.75, 3.05) is 7.11 Å². The van der Waals surface area contributed by atoms with Gasteiger partial charge in [0.05, 0.1) is 12.7 Å². The van der Waals surface area contributed by atoms with E-state index in [0.29, 0.717) is 12.0 Å². The van der Waals surface area contributed by atoms with Gasteiger partial charge in [0.2, 0.25) is 0 Å². The third-order valence-corrected chi connectivity index (χ3v) is 4.77. The fourth-order valence-electron chi connectivity index (χ4n) is 3.34. The molecule has 0 aliphatic carbocycles. The van der Waals surface area contributed by atoms with Crippen LogP contribution in [-0.2, 0) is 9.47 Å². The fourth-order valence-corrected chi connectivity index (χ4v) is 3.34. The van der Waals surface area contributed by atoms with Crippen LogP contribution in [0.4, 0.5) is 4.79 Å². The third-order valence-electron chi connectivity index (χ3n) is 4.77. The Hall–Kier alpha value is -2.82. The van der Waals surface area contributed by atoms with Gasteiger partial charge in [-0.2, -0.15) is 0 Å². The predicted octanol–water partition coefficient (Wildman–Crippen LogP) is 5.61. The Morgan fingerprint density at radius 2 is 1.40 bits per heavy atom. The molecule has 2 aromatic carbocycles. The number of hydrogen-bond acceptors (Lipinski definition) is 4. The van der Waals surface area contributed by atoms with Gasteiger partial charge in [-0.1, -0.05) is 42.0 Å². The van der Waals surface area contributed by atoms with Crippen LogP contribution >= 0.6 is 0 Å². The minimum absolute atomic E-state index is 0.0298. The van der Waals surface area contributed by atoms with Gasteiger partial charge in [0.25, 0.3) is 0 Å². The maximum absolute atomic E-state index is 12.3. The molecule has 0 spiro atoms. The first-order valence-corrected chi connectivity index (χ1v) is 10.2. The van der Waals surface area contributed by atoms with Gasteiger partial charge in [-0.25, -0.2) is 9.59 Å². The number of alkyl carbamates (subject to hydrolysis) is 1. The molecule has 2 aromatic rings. The van der Waals surface area contributed by atoms with Crippen molar-refractivity contribution in [3.63, 3.8) is 0 Å². The van der Waals surface area contributed by atoms with Crippen molar-refractivity contribution in [2.24, 2.45) is 0 Å². The predicted molar refractivity (Wildman–Crippen MR) is 119 cm³/mol. The first kappa shape index (κ1) is 23.5. The van der Waals surface area contributed by atoms with Gasteiger partial charge in [0.15, 0.2) is 0 Å². The molecule has 0 fully saturated rings. The minimum atomic E-state index is -0.555. The summed E-state index contributed by atoms with van der Waals surface area (Å²) in [5.41, 5.74) is 2.83. The molecule has 1 unspecified atom stereocenters. The summed E-state index contributed by atoms with van der Waals surface area (Å²) in [6.45, 7) is 11.6. The highest BCUT2D eigenvalue weighted by atomic mass is 16.6. The van der Waals surface area contributed by atoms with Gasteiger partial charge in [-0.05, 0) is 71.2 Å². The van der Waals surface area contributed by atoms with Crippen LogP contribution in [0.3, 0.4) is 0 Å². The number of esters is 1. The lowest BCUT2D eigenvalue weighted by Gasteiger charge is -2.32. The molecule has 0 aliphatic heterocycles. The van der Waals surface area contributed by atoms with Gasteiger partial charge in [-0.15, -0.1) is 0 Å². The van der Waals surface area contributed by atoms with E-state index in [2.05, 4.69) is 36.5 Å². The van der Waals surface area contributed by atoms with Crippen LogP contribution in [-0.4, -0.2) is 30.3 Å². The first-order valence-electron chi connectivity index (χ1n) is 10.2. The second-order valence-electron chi connectivity index (χ2n) is 9.29. The van der Waals surface area contributed by atoms with Crippen LogP contribution < -0.4 is 5.32 Å². The molecule has 5 heteroatoms. The Labute approximate surface area is 179 Å². The van der Waals surface area contributed by atoms with E-state index in [4.69, 9.17) is 9.47 Å². The zero-order chi connectivity index (χ0) is 22.5. The summed E-state index contributed by atoms with van der Waals surface area (Å²) in [5, 5.41) is 3.00. The molecule has 0 bridgehead atoms. The van der Waals surface area contributed by atoms with Gasteiger partial charge in [0.1, 0.15) is 5.60 Å². The Morgan fingerprint density at radius 3 is 1.87 bits per heavy atom. The molecule has 0 radical (unpaired) electrons. The minimum Gasteiger partial charge on any atom is -0.465 e. The van der Waals surface area contributed by atoms with Crippen molar-refractivity contribution in [2.45, 2.75) is 65.0 Å². The molecular formula is C25H33NO4. The van der Waals surface area contributed by atoms with Gasteiger partial charge < -0.3 is 14.8 Å². The average molecular weight is 412 g/mol. The summed E-state index contributed by atoms with van der Waals surface area (Å²) in [4.78, 5) is 24.1. The maximum atomic E-state index is 12.3.